The molecule has 0 aliphatic heterocycles. The lowest BCUT2D eigenvalue weighted by atomic mass is 10.0. The molecule has 2 aromatic rings. The maximum absolute atomic E-state index is 11.0. The highest BCUT2D eigenvalue weighted by atomic mass is 16.4. The van der Waals surface area contributed by atoms with Gasteiger partial charge in [-0.25, -0.2) is 14.8 Å². The Morgan fingerprint density at radius 1 is 1.40 bits per heavy atom. The van der Waals surface area contributed by atoms with Crippen LogP contribution in [-0.4, -0.2) is 25.6 Å². The van der Waals surface area contributed by atoms with E-state index in [9.17, 15) is 4.79 Å². The van der Waals surface area contributed by atoms with Gasteiger partial charge in [0.15, 0.2) is 0 Å². The fraction of sp³-hybridized carbons (Fsp3) is 0.400. The molecule has 104 valence electrons. The molecule has 0 bridgehead atoms. The van der Waals surface area contributed by atoms with Gasteiger partial charge in [0.25, 0.3) is 0 Å². The van der Waals surface area contributed by atoms with Crippen LogP contribution in [0.1, 0.15) is 46.1 Å². The number of aryl methyl sites for hydroxylation is 2. The average Bonchev–Trinajstić information content (AvgIpc) is 2.76. The average molecular weight is 271 g/mol. The largest absolute Gasteiger partial charge is 0.477 e. The summed E-state index contributed by atoms with van der Waals surface area (Å²) in [6, 6.07) is 3.50. The van der Waals surface area contributed by atoms with Gasteiger partial charge in [0.05, 0.1) is 5.69 Å². The van der Waals surface area contributed by atoms with Gasteiger partial charge in [-0.2, -0.15) is 0 Å². The van der Waals surface area contributed by atoms with Gasteiger partial charge < -0.3 is 9.67 Å². The Labute approximate surface area is 117 Å². The van der Waals surface area contributed by atoms with Crippen LogP contribution < -0.4 is 0 Å². The van der Waals surface area contributed by atoms with E-state index in [2.05, 4.69) is 14.5 Å². The van der Waals surface area contributed by atoms with Crippen LogP contribution in [0.15, 0.2) is 18.3 Å². The topological polar surface area (TPSA) is 68.0 Å². The fourth-order valence-corrected chi connectivity index (χ4v) is 2.82. The van der Waals surface area contributed by atoms with E-state index in [-0.39, 0.29) is 5.69 Å². The molecule has 0 radical (unpaired) electrons. The van der Waals surface area contributed by atoms with Crippen molar-refractivity contribution < 1.29 is 9.90 Å². The molecule has 0 saturated heterocycles. The van der Waals surface area contributed by atoms with E-state index in [1.165, 1.54) is 24.2 Å². The molecule has 0 atom stereocenters. The Morgan fingerprint density at radius 3 is 3.00 bits per heavy atom. The second-order valence-electron chi connectivity index (χ2n) is 5.20. The van der Waals surface area contributed by atoms with Gasteiger partial charge in [0.1, 0.15) is 11.5 Å². The summed E-state index contributed by atoms with van der Waals surface area (Å²) in [5.74, 6) is 0.0156. The molecule has 1 aliphatic rings. The number of imidazole rings is 1. The third kappa shape index (κ3) is 2.31. The fourth-order valence-electron chi connectivity index (χ4n) is 2.82. The summed E-state index contributed by atoms with van der Waals surface area (Å²) < 4.78 is 2.20. The van der Waals surface area contributed by atoms with Crippen molar-refractivity contribution in [2.24, 2.45) is 0 Å². The Kier molecular flexibility index (Phi) is 3.26. The van der Waals surface area contributed by atoms with Gasteiger partial charge in [-0.15, -0.1) is 0 Å². The zero-order valence-corrected chi connectivity index (χ0v) is 11.5. The van der Waals surface area contributed by atoms with Crippen molar-refractivity contribution in [3.05, 3.63) is 46.8 Å². The number of aromatic carboxylic acids is 1. The molecule has 3 rings (SSSR count). The summed E-state index contributed by atoms with van der Waals surface area (Å²) in [4.78, 5) is 19.5. The third-order valence-corrected chi connectivity index (χ3v) is 3.81. The minimum atomic E-state index is -0.990. The third-order valence-electron chi connectivity index (χ3n) is 3.81. The minimum Gasteiger partial charge on any atom is -0.477 e. The lowest BCUT2D eigenvalue weighted by Crippen LogP contribution is -2.11. The predicted molar refractivity (Wildman–Crippen MR) is 73.9 cm³/mol. The van der Waals surface area contributed by atoms with Crippen molar-refractivity contribution in [3.8, 4) is 0 Å². The molecule has 0 spiro atoms. The number of hydrogen-bond acceptors (Lipinski definition) is 3. The number of carboxylic acid groups (broad SMARTS) is 1. The van der Waals surface area contributed by atoms with Gasteiger partial charge in [0.2, 0.25) is 0 Å². The molecule has 0 unspecified atom stereocenters. The summed E-state index contributed by atoms with van der Waals surface area (Å²) >= 11 is 0. The van der Waals surface area contributed by atoms with E-state index in [1.54, 1.807) is 12.3 Å². The number of carboxylic acids is 1. The van der Waals surface area contributed by atoms with Crippen LogP contribution in [0.4, 0.5) is 0 Å². The quantitative estimate of drug-likeness (QED) is 0.929. The molecule has 1 aliphatic carbocycles. The summed E-state index contributed by atoms with van der Waals surface area (Å²) in [5.41, 5.74) is 3.56. The zero-order chi connectivity index (χ0) is 14.1. The first-order chi connectivity index (χ1) is 9.65. The summed E-state index contributed by atoms with van der Waals surface area (Å²) in [6.45, 7) is 2.68. The van der Waals surface area contributed by atoms with Gasteiger partial charge in [-0.1, -0.05) is 0 Å². The second kappa shape index (κ2) is 5.07. The van der Waals surface area contributed by atoms with E-state index in [0.717, 1.165) is 24.2 Å². The molecule has 0 aromatic carbocycles. The van der Waals surface area contributed by atoms with E-state index >= 15 is 0 Å². The molecule has 1 N–H and O–H groups in total. The van der Waals surface area contributed by atoms with Crippen LogP contribution in [0.3, 0.4) is 0 Å². The Morgan fingerprint density at radius 2 is 2.20 bits per heavy atom. The maximum Gasteiger partial charge on any atom is 0.354 e. The molecule has 2 aromatic heterocycles. The molecule has 0 fully saturated rings. The summed E-state index contributed by atoms with van der Waals surface area (Å²) in [5, 5.41) is 9.00. The smallest absolute Gasteiger partial charge is 0.354 e. The molecule has 0 saturated carbocycles. The molecular formula is C15H17N3O2. The first-order valence-corrected chi connectivity index (χ1v) is 6.88. The van der Waals surface area contributed by atoms with Gasteiger partial charge >= 0.3 is 5.97 Å². The number of aromatic nitrogens is 3. The Balaban J connectivity index is 1.93. The zero-order valence-electron chi connectivity index (χ0n) is 11.5. The first-order valence-electron chi connectivity index (χ1n) is 6.88. The number of pyridine rings is 1. The number of carbonyl (C=O) groups is 1. The SMILES string of the molecule is Cc1nc2c(n1Cc1ccnc(C(=O)O)c1)CCCC2. The van der Waals surface area contributed by atoms with Gasteiger partial charge in [-0.05, 0) is 50.3 Å². The molecule has 2 heterocycles. The van der Waals surface area contributed by atoms with Crippen LogP contribution in [-0.2, 0) is 19.4 Å². The maximum atomic E-state index is 11.0. The van der Waals surface area contributed by atoms with Crippen LogP contribution >= 0.6 is 0 Å². The van der Waals surface area contributed by atoms with E-state index in [1.807, 2.05) is 13.0 Å². The highest BCUT2D eigenvalue weighted by Crippen LogP contribution is 2.23. The van der Waals surface area contributed by atoms with Crippen molar-refractivity contribution in [2.75, 3.05) is 0 Å². The lowest BCUT2D eigenvalue weighted by Gasteiger charge is -2.15. The van der Waals surface area contributed by atoms with E-state index in [0.29, 0.717) is 6.54 Å². The monoisotopic (exact) mass is 271 g/mol. The summed E-state index contributed by atoms with van der Waals surface area (Å²) in [7, 11) is 0. The standard InChI is InChI=1S/C15H17N3O2/c1-10-17-12-4-2-3-5-14(12)18(10)9-11-6-7-16-13(8-11)15(19)20/h6-8H,2-5,9H2,1H3,(H,19,20). The second-order valence-corrected chi connectivity index (χ2v) is 5.20. The molecule has 0 amide bonds. The molecule has 5 heteroatoms. The van der Waals surface area contributed by atoms with Crippen molar-refractivity contribution in [1.29, 1.82) is 0 Å². The van der Waals surface area contributed by atoms with Crippen LogP contribution in [0.5, 0.6) is 0 Å². The highest BCUT2D eigenvalue weighted by Gasteiger charge is 2.18. The van der Waals surface area contributed by atoms with Crippen molar-refractivity contribution >= 4 is 5.97 Å². The lowest BCUT2D eigenvalue weighted by molar-refractivity contribution is 0.0690. The number of fused-ring (bicyclic) bond motifs is 1. The first kappa shape index (κ1) is 12.8. The molecule has 5 nitrogen and oxygen atoms in total. The van der Waals surface area contributed by atoms with Crippen LogP contribution in [0, 0.1) is 6.92 Å². The van der Waals surface area contributed by atoms with Crippen molar-refractivity contribution in [1.82, 2.24) is 14.5 Å². The van der Waals surface area contributed by atoms with Crippen LogP contribution in [0.2, 0.25) is 0 Å². The predicted octanol–water partition coefficient (Wildman–Crippen LogP) is 2.21. The van der Waals surface area contributed by atoms with Crippen molar-refractivity contribution in [2.45, 2.75) is 39.2 Å². The number of rotatable bonds is 3. The Hall–Kier alpha value is -2.17. The Bertz CT molecular complexity index is 661. The number of hydrogen-bond donors (Lipinski definition) is 1. The summed E-state index contributed by atoms with van der Waals surface area (Å²) in [6.07, 6.45) is 6.08. The minimum absolute atomic E-state index is 0.0918. The van der Waals surface area contributed by atoms with Gasteiger partial charge in [0, 0.05) is 18.4 Å². The van der Waals surface area contributed by atoms with E-state index < -0.39 is 5.97 Å². The highest BCUT2D eigenvalue weighted by molar-refractivity contribution is 5.85. The van der Waals surface area contributed by atoms with Crippen LogP contribution in [0.25, 0.3) is 0 Å². The molecule has 20 heavy (non-hydrogen) atoms. The number of nitrogens with zero attached hydrogens (tertiary/aromatic N) is 3. The van der Waals surface area contributed by atoms with Crippen molar-refractivity contribution in [3.63, 3.8) is 0 Å². The molecular weight excluding hydrogens is 254 g/mol. The normalized spacial score (nSPS) is 14.1. The van der Waals surface area contributed by atoms with Gasteiger partial charge in [-0.3, -0.25) is 0 Å². The van der Waals surface area contributed by atoms with E-state index in [4.69, 9.17) is 5.11 Å².